The summed E-state index contributed by atoms with van der Waals surface area (Å²) >= 11 is 0. The molecule has 0 aromatic heterocycles. The van der Waals surface area contributed by atoms with Crippen LogP contribution in [0.3, 0.4) is 0 Å². The molecule has 0 aliphatic heterocycles. The molecule has 0 saturated heterocycles. The van der Waals surface area contributed by atoms with Gasteiger partial charge in [-0.15, -0.1) is 0 Å². The van der Waals surface area contributed by atoms with E-state index in [0.29, 0.717) is 0 Å². The van der Waals surface area contributed by atoms with E-state index in [4.69, 9.17) is 0 Å². The Morgan fingerprint density at radius 3 is 1.22 bits per heavy atom. The van der Waals surface area contributed by atoms with E-state index < -0.39 is 0 Å². The minimum absolute atomic E-state index is 1.26. The zero-order valence-corrected chi connectivity index (χ0v) is 16.2. The van der Waals surface area contributed by atoms with Crippen molar-refractivity contribution in [1.29, 1.82) is 0 Å². The van der Waals surface area contributed by atoms with E-state index in [1.165, 1.54) is 50.1 Å². The Hall–Kier alpha value is -3.12. The third kappa shape index (κ3) is 3.71. The van der Waals surface area contributed by atoms with E-state index in [9.17, 15) is 0 Å². The Bertz CT molecular complexity index is 1050. The lowest BCUT2D eigenvalue weighted by Gasteiger charge is -2.11. The molecule has 0 unspecified atom stereocenters. The first kappa shape index (κ1) is 17.3. The molecule has 4 aromatic carbocycles. The molecule has 4 rings (SSSR count). The number of rotatable bonds is 3. The van der Waals surface area contributed by atoms with Crippen molar-refractivity contribution in [1.82, 2.24) is 0 Å². The van der Waals surface area contributed by atoms with Gasteiger partial charge < -0.3 is 0 Å². The maximum absolute atomic E-state index is 2.29. The molecule has 0 aliphatic rings. The van der Waals surface area contributed by atoms with Gasteiger partial charge in [0.15, 0.2) is 0 Å². The molecular weight excluding hydrogens is 324 g/mol. The van der Waals surface area contributed by atoms with Gasteiger partial charge in [0.05, 0.1) is 0 Å². The van der Waals surface area contributed by atoms with Crippen molar-refractivity contribution < 1.29 is 0 Å². The van der Waals surface area contributed by atoms with E-state index >= 15 is 0 Å². The van der Waals surface area contributed by atoms with Crippen molar-refractivity contribution in [2.45, 2.75) is 20.8 Å². The molecule has 132 valence electrons. The topological polar surface area (TPSA) is 0 Å². The first-order valence-electron chi connectivity index (χ1n) is 9.45. The van der Waals surface area contributed by atoms with Gasteiger partial charge in [0, 0.05) is 0 Å². The third-order valence-corrected chi connectivity index (χ3v) is 5.19. The van der Waals surface area contributed by atoms with Crippen molar-refractivity contribution in [2.24, 2.45) is 0 Å². The van der Waals surface area contributed by atoms with Gasteiger partial charge in [-0.25, -0.2) is 0 Å². The van der Waals surface area contributed by atoms with Crippen molar-refractivity contribution in [3.05, 3.63) is 108 Å². The minimum Gasteiger partial charge on any atom is -0.0587 e. The fourth-order valence-corrected chi connectivity index (χ4v) is 3.50. The van der Waals surface area contributed by atoms with E-state index in [0.717, 1.165) is 0 Å². The molecule has 0 fully saturated rings. The molecular formula is C27H24. The molecule has 0 heteroatoms. The summed E-state index contributed by atoms with van der Waals surface area (Å²) in [6.45, 7) is 6.44. The van der Waals surface area contributed by atoms with Crippen LogP contribution in [-0.4, -0.2) is 0 Å². The van der Waals surface area contributed by atoms with Gasteiger partial charge >= 0.3 is 0 Å². The molecule has 27 heavy (non-hydrogen) atoms. The molecule has 0 nitrogen and oxygen atoms in total. The fraction of sp³-hybridized carbons (Fsp3) is 0.111. The van der Waals surface area contributed by atoms with E-state index in [2.05, 4.69) is 112 Å². The standard InChI is InChI=1S/C27H24/c1-19-4-8-22(9-5-19)23-12-14-25(15-13-23)27-17-16-26(18-21(27)3)24-10-6-20(2)7-11-24/h4-18H,1-3H3. The van der Waals surface area contributed by atoms with Crippen LogP contribution in [0, 0.1) is 20.8 Å². The molecule has 0 heterocycles. The van der Waals surface area contributed by atoms with E-state index in [1.54, 1.807) is 0 Å². The molecule has 0 bridgehead atoms. The Balaban J connectivity index is 1.63. The molecule has 0 amide bonds. The highest BCUT2D eigenvalue weighted by molar-refractivity contribution is 5.75. The van der Waals surface area contributed by atoms with E-state index in [-0.39, 0.29) is 0 Å². The van der Waals surface area contributed by atoms with Crippen LogP contribution in [-0.2, 0) is 0 Å². The van der Waals surface area contributed by atoms with Gasteiger partial charge in [-0.2, -0.15) is 0 Å². The van der Waals surface area contributed by atoms with Crippen LogP contribution in [0.25, 0.3) is 33.4 Å². The van der Waals surface area contributed by atoms with Gasteiger partial charge in [-0.1, -0.05) is 102 Å². The Morgan fingerprint density at radius 1 is 0.370 bits per heavy atom. The zero-order chi connectivity index (χ0) is 18.8. The lowest BCUT2D eigenvalue weighted by atomic mass is 9.94. The van der Waals surface area contributed by atoms with E-state index in [1.807, 2.05) is 0 Å². The maximum Gasteiger partial charge on any atom is -0.0154 e. The first-order chi connectivity index (χ1) is 13.1. The number of hydrogen-bond donors (Lipinski definition) is 0. The van der Waals surface area contributed by atoms with Gasteiger partial charge in [-0.3, -0.25) is 0 Å². The summed E-state index contributed by atoms with van der Waals surface area (Å²) in [5, 5.41) is 0. The van der Waals surface area contributed by atoms with Crippen molar-refractivity contribution in [3.8, 4) is 33.4 Å². The normalized spacial score (nSPS) is 10.8. The van der Waals surface area contributed by atoms with Gasteiger partial charge in [-0.05, 0) is 59.7 Å². The summed E-state index contributed by atoms with van der Waals surface area (Å²) in [5.41, 5.74) is 11.5. The quantitative estimate of drug-likeness (QED) is 0.357. The predicted molar refractivity (Wildman–Crippen MR) is 117 cm³/mol. The monoisotopic (exact) mass is 348 g/mol. The SMILES string of the molecule is Cc1ccc(-c2ccc(-c3ccc(-c4ccc(C)cc4)cc3C)cc2)cc1. The van der Waals surface area contributed by atoms with Crippen LogP contribution >= 0.6 is 0 Å². The second-order valence-corrected chi connectivity index (χ2v) is 7.34. The lowest BCUT2D eigenvalue weighted by molar-refractivity contribution is 1.43. The fourth-order valence-electron chi connectivity index (χ4n) is 3.50. The summed E-state index contributed by atoms with van der Waals surface area (Å²) < 4.78 is 0. The second kappa shape index (κ2) is 7.25. The smallest absolute Gasteiger partial charge is 0.0154 e. The number of benzene rings is 4. The summed E-state index contributed by atoms with van der Waals surface area (Å²) in [6, 6.07) is 33.1. The zero-order valence-electron chi connectivity index (χ0n) is 16.2. The minimum atomic E-state index is 1.26. The molecule has 0 atom stereocenters. The van der Waals surface area contributed by atoms with Crippen LogP contribution in [0.5, 0.6) is 0 Å². The molecule has 0 N–H and O–H groups in total. The summed E-state index contributed by atoms with van der Waals surface area (Å²) in [7, 11) is 0. The number of aryl methyl sites for hydroxylation is 3. The van der Waals surface area contributed by atoms with Crippen LogP contribution in [0.15, 0.2) is 91.0 Å². The van der Waals surface area contributed by atoms with Crippen LogP contribution in [0.2, 0.25) is 0 Å². The van der Waals surface area contributed by atoms with Crippen molar-refractivity contribution in [3.63, 3.8) is 0 Å². The molecule has 0 radical (unpaired) electrons. The highest BCUT2D eigenvalue weighted by Crippen LogP contribution is 2.30. The highest BCUT2D eigenvalue weighted by Gasteiger charge is 2.06. The summed E-state index contributed by atoms with van der Waals surface area (Å²) in [6.07, 6.45) is 0. The Kier molecular flexibility index (Phi) is 4.64. The van der Waals surface area contributed by atoms with Gasteiger partial charge in [0.25, 0.3) is 0 Å². The average molecular weight is 348 g/mol. The number of hydrogen-bond acceptors (Lipinski definition) is 0. The second-order valence-electron chi connectivity index (χ2n) is 7.34. The lowest BCUT2D eigenvalue weighted by Crippen LogP contribution is -1.87. The summed E-state index contributed by atoms with van der Waals surface area (Å²) in [4.78, 5) is 0. The molecule has 0 spiro atoms. The van der Waals surface area contributed by atoms with Crippen LogP contribution in [0.4, 0.5) is 0 Å². The van der Waals surface area contributed by atoms with Gasteiger partial charge in [0.2, 0.25) is 0 Å². The Labute approximate surface area is 162 Å². The summed E-state index contributed by atoms with van der Waals surface area (Å²) in [5.74, 6) is 0. The predicted octanol–water partition coefficient (Wildman–Crippen LogP) is 7.61. The average Bonchev–Trinajstić information content (AvgIpc) is 2.69. The maximum atomic E-state index is 2.29. The van der Waals surface area contributed by atoms with Crippen LogP contribution in [0.1, 0.15) is 16.7 Å². The third-order valence-electron chi connectivity index (χ3n) is 5.19. The highest BCUT2D eigenvalue weighted by atomic mass is 14.1. The Morgan fingerprint density at radius 2 is 0.741 bits per heavy atom. The molecule has 0 aliphatic carbocycles. The van der Waals surface area contributed by atoms with Crippen LogP contribution < -0.4 is 0 Å². The molecule has 0 saturated carbocycles. The van der Waals surface area contributed by atoms with Crippen molar-refractivity contribution in [2.75, 3.05) is 0 Å². The van der Waals surface area contributed by atoms with Crippen molar-refractivity contribution >= 4 is 0 Å². The van der Waals surface area contributed by atoms with Gasteiger partial charge in [0.1, 0.15) is 0 Å². The first-order valence-corrected chi connectivity index (χ1v) is 9.45. The largest absolute Gasteiger partial charge is 0.0587 e. The molecule has 4 aromatic rings.